The maximum Gasteiger partial charge on any atom is 0.206 e. The minimum absolute atomic E-state index is 0.0173. The molecule has 11 heteroatoms. The smallest absolute Gasteiger partial charge is 0.206 e. The predicted molar refractivity (Wildman–Crippen MR) is 159 cm³/mol. The lowest BCUT2D eigenvalue weighted by Gasteiger charge is -2.26. The normalized spacial score (nSPS) is 12.7. The molecular formula is C32H34O9S2. The fourth-order valence-corrected chi connectivity index (χ4v) is 6.63. The maximum atomic E-state index is 13.0. The molecule has 0 atom stereocenters. The summed E-state index contributed by atoms with van der Waals surface area (Å²) >= 11 is 0. The third-order valence-corrected chi connectivity index (χ3v) is 10.4. The number of aliphatic hydroxyl groups is 1. The molecule has 4 aromatic rings. The van der Waals surface area contributed by atoms with Gasteiger partial charge in [-0.1, -0.05) is 24.3 Å². The van der Waals surface area contributed by atoms with Gasteiger partial charge in [0.25, 0.3) is 0 Å². The first kappa shape index (κ1) is 32.2. The van der Waals surface area contributed by atoms with Crippen LogP contribution in [-0.2, 0) is 40.4 Å². The summed E-state index contributed by atoms with van der Waals surface area (Å²) in [5.74, 6) is 0.386. The van der Waals surface area contributed by atoms with Crippen LogP contribution in [0.5, 0.6) is 11.5 Å². The van der Waals surface area contributed by atoms with Gasteiger partial charge in [-0.25, -0.2) is 16.8 Å². The summed E-state index contributed by atoms with van der Waals surface area (Å²) in [7, 11) is -7.48. The minimum atomic E-state index is -3.75. The van der Waals surface area contributed by atoms with E-state index in [4.69, 9.17) is 14.2 Å². The molecule has 0 bridgehead atoms. The molecule has 0 radical (unpaired) electrons. The second kappa shape index (κ2) is 12.5. The highest BCUT2D eigenvalue weighted by Crippen LogP contribution is 2.29. The summed E-state index contributed by atoms with van der Waals surface area (Å²) in [5.41, 5.74) is -0.537. The van der Waals surface area contributed by atoms with E-state index in [0.29, 0.717) is 11.3 Å². The molecule has 2 N–H and O–H groups in total. The Morgan fingerprint density at radius 1 is 0.581 bits per heavy atom. The first-order valence-corrected chi connectivity index (χ1v) is 16.2. The number of rotatable bonds is 12. The molecular weight excluding hydrogens is 592 g/mol. The summed E-state index contributed by atoms with van der Waals surface area (Å²) in [6, 6.07) is 23.7. The molecule has 0 amide bonds. The average Bonchev–Trinajstić information content (AvgIpc) is 2.97. The molecule has 0 unspecified atom stereocenters. The Hall–Kier alpha value is -3.74. The van der Waals surface area contributed by atoms with Gasteiger partial charge < -0.3 is 24.4 Å². The molecule has 4 rings (SSSR count). The van der Waals surface area contributed by atoms with E-state index in [-0.39, 0.29) is 38.9 Å². The average molecular weight is 627 g/mol. The Kier molecular flexibility index (Phi) is 9.33. The summed E-state index contributed by atoms with van der Waals surface area (Å²) in [6.07, 6.45) is 0. The van der Waals surface area contributed by atoms with Crippen molar-refractivity contribution in [3.05, 3.63) is 108 Å². The maximum absolute atomic E-state index is 13.0. The standard InChI is InChI=1S/C32H34O9S2/c1-31(2,34)23-5-13-27(14-6-23)43(37,38)30-19-11-26(12-20-30)40-21-39-22-41-32(3,4)24-7-15-28(16-8-24)42(35,36)29-17-9-25(33)10-18-29/h5-20,33-34H,21-22H2,1-4H3. The van der Waals surface area contributed by atoms with E-state index in [0.717, 1.165) is 5.56 Å². The van der Waals surface area contributed by atoms with Crippen LogP contribution >= 0.6 is 0 Å². The van der Waals surface area contributed by atoms with E-state index < -0.39 is 30.9 Å². The molecule has 0 aliphatic carbocycles. The molecule has 0 saturated carbocycles. The summed E-state index contributed by atoms with van der Waals surface area (Å²) in [4.78, 5) is 0.412. The van der Waals surface area contributed by atoms with Crippen molar-refractivity contribution in [3.8, 4) is 11.5 Å². The molecule has 9 nitrogen and oxygen atoms in total. The first-order valence-electron chi connectivity index (χ1n) is 13.3. The SMILES string of the molecule is CC(C)(O)c1ccc(S(=O)(=O)c2ccc(OCOCOC(C)(C)c3ccc(S(=O)(=O)c4ccc(O)cc4)cc3)cc2)cc1. The summed E-state index contributed by atoms with van der Waals surface area (Å²) < 4.78 is 68.5. The highest BCUT2D eigenvalue weighted by atomic mass is 32.2. The topological polar surface area (TPSA) is 136 Å². The van der Waals surface area contributed by atoms with Crippen LogP contribution in [0.4, 0.5) is 0 Å². The van der Waals surface area contributed by atoms with Gasteiger partial charge in [-0.3, -0.25) is 0 Å². The molecule has 228 valence electrons. The molecule has 4 aromatic carbocycles. The minimum Gasteiger partial charge on any atom is -0.508 e. The van der Waals surface area contributed by atoms with E-state index >= 15 is 0 Å². The number of phenols is 1. The van der Waals surface area contributed by atoms with Gasteiger partial charge in [-0.2, -0.15) is 0 Å². The van der Waals surface area contributed by atoms with Crippen molar-refractivity contribution in [2.24, 2.45) is 0 Å². The van der Waals surface area contributed by atoms with Crippen molar-refractivity contribution >= 4 is 19.7 Å². The van der Waals surface area contributed by atoms with Gasteiger partial charge in [0.15, 0.2) is 13.6 Å². The van der Waals surface area contributed by atoms with Crippen molar-refractivity contribution < 1.29 is 41.3 Å². The van der Waals surface area contributed by atoms with Crippen molar-refractivity contribution in [1.82, 2.24) is 0 Å². The van der Waals surface area contributed by atoms with E-state index in [1.54, 1.807) is 38.1 Å². The Morgan fingerprint density at radius 3 is 1.42 bits per heavy atom. The highest BCUT2D eigenvalue weighted by molar-refractivity contribution is 7.91. The Labute approximate surface area is 252 Å². The number of sulfone groups is 2. The summed E-state index contributed by atoms with van der Waals surface area (Å²) in [5, 5.41) is 19.5. The zero-order valence-electron chi connectivity index (χ0n) is 24.2. The van der Waals surface area contributed by atoms with E-state index in [2.05, 4.69) is 0 Å². The number of hydrogen-bond donors (Lipinski definition) is 2. The lowest BCUT2D eigenvalue weighted by atomic mass is 9.98. The largest absolute Gasteiger partial charge is 0.508 e. The van der Waals surface area contributed by atoms with Gasteiger partial charge in [-0.15, -0.1) is 0 Å². The van der Waals surface area contributed by atoms with Crippen LogP contribution in [0.15, 0.2) is 117 Å². The number of ether oxygens (including phenoxy) is 3. The molecule has 43 heavy (non-hydrogen) atoms. The van der Waals surface area contributed by atoms with Crippen LogP contribution in [0, 0.1) is 0 Å². The molecule has 0 saturated heterocycles. The van der Waals surface area contributed by atoms with E-state index in [9.17, 15) is 27.0 Å². The van der Waals surface area contributed by atoms with Gasteiger partial charge in [0.1, 0.15) is 11.5 Å². The van der Waals surface area contributed by atoms with Crippen LogP contribution in [0.3, 0.4) is 0 Å². The quantitative estimate of drug-likeness (QED) is 0.153. The monoisotopic (exact) mass is 626 g/mol. The lowest BCUT2D eigenvalue weighted by Crippen LogP contribution is -2.24. The zero-order chi connectivity index (χ0) is 31.5. The number of aromatic hydroxyl groups is 1. The van der Waals surface area contributed by atoms with Crippen molar-refractivity contribution in [3.63, 3.8) is 0 Å². The van der Waals surface area contributed by atoms with Gasteiger partial charge >= 0.3 is 0 Å². The van der Waals surface area contributed by atoms with E-state index in [1.807, 2.05) is 13.8 Å². The van der Waals surface area contributed by atoms with Crippen molar-refractivity contribution in [2.75, 3.05) is 13.6 Å². The fraction of sp³-hybridized carbons (Fsp3) is 0.250. The van der Waals surface area contributed by atoms with Crippen LogP contribution < -0.4 is 4.74 Å². The van der Waals surface area contributed by atoms with Crippen LogP contribution in [0.2, 0.25) is 0 Å². The van der Waals surface area contributed by atoms with Gasteiger partial charge in [-0.05, 0) is 112 Å². The second-order valence-electron chi connectivity index (χ2n) is 10.8. The fourth-order valence-electron chi connectivity index (χ4n) is 4.11. The highest BCUT2D eigenvalue weighted by Gasteiger charge is 2.24. The van der Waals surface area contributed by atoms with Crippen LogP contribution in [0.25, 0.3) is 0 Å². The lowest BCUT2D eigenvalue weighted by molar-refractivity contribution is -0.156. The second-order valence-corrected chi connectivity index (χ2v) is 14.7. The molecule has 0 heterocycles. The van der Waals surface area contributed by atoms with Crippen molar-refractivity contribution in [2.45, 2.75) is 58.5 Å². The third kappa shape index (κ3) is 7.62. The van der Waals surface area contributed by atoms with Crippen molar-refractivity contribution in [1.29, 1.82) is 0 Å². The predicted octanol–water partition coefficient (Wildman–Crippen LogP) is 5.55. The summed E-state index contributed by atoms with van der Waals surface area (Å²) in [6.45, 7) is 6.62. The van der Waals surface area contributed by atoms with Gasteiger partial charge in [0.2, 0.25) is 19.7 Å². The van der Waals surface area contributed by atoms with Crippen LogP contribution in [0.1, 0.15) is 38.8 Å². The zero-order valence-corrected chi connectivity index (χ0v) is 25.9. The number of hydrogen-bond acceptors (Lipinski definition) is 9. The number of benzene rings is 4. The first-order chi connectivity index (χ1) is 20.1. The molecule has 0 aliphatic rings. The molecule has 0 aliphatic heterocycles. The van der Waals surface area contributed by atoms with Gasteiger partial charge in [0.05, 0.1) is 30.8 Å². The Bertz CT molecular complexity index is 1740. The Morgan fingerprint density at radius 2 is 0.977 bits per heavy atom. The van der Waals surface area contributed by atoms with Crippen LogP contribution in [-0.4, -0.2) is 40.6 Å². The molecule has 0 spiro atoms. The molecule has 0 fully saturated rings. The Balaban J connectivity index is 1.28. The number of phenolic OH excluding ortho intramolecular Hbond substituents is 1. The van der Waals surface area contributed by atoms with Gasteiger partial charge in [0, 0.05) is 0 Å². The third-order valence-electron chi connectivity index (χ3n) is 6.82. The molecule has 0 aromatic heterocycles. The van der Waals surface area contributed by atoms with E-state index in [1.165, 1.54) is 72.8 Å².